The smallest absolute Gasteiger partial charge is 0.289 e. The molecule has 2 atom stereocenters. The summed E-state index contributed by atoms with van der Waals surface area (Å²) in [6.45, 7) is 7.41. The molecule has 1 amide bonds. The zero-order valence-corrected chi connectivity index (χ0v) is 13.2. The zero-order valence-electron chi connectivity index (χ0n) is 13.2. The Morgan fingerprint density at radius 2 is 1.95 bits per heavy atom. The monoisotopic (exact) mass is 290 g/mol. The van der Waals surface area contributed by atoms with Crippen molar-refractivity contribution in [2.24, 2.45) is 0 Å². The van der Waals surface area contributed by atoms with Gasteiger partial charge in [0.25, 0.3) is 5.91 Å². The molecule has 3 rings (SSSR count). The Labute approximate surface area is 127 Å². The van der Waals surface area contributed by atoms with Gasteiger partial charge in [-0.1, -0.05) is 13.8 Å². The van der Waals surface area contributed by atoms with Gasteiger partial charge in [-0.3, -0.25) is 9.69 Å². The molecule has 4 heteroatoms. The van der Waals surface area contributed by atoms with Gasteiger partial charge < -0.3 is 9.32 Å². The minimum absolute atomic E-state index is 0.0835. The van der Waals surface area contributed by atoms with Crippen molar-refractivity contribution in [3.8, 4) is 0 Å². The van der Waals surface area contributed by atoms with E-state index < -0.39 is 0 Å². The fourth-order valence-electron chi connectivity index (χ4n) is 3.95. The van der Waals surface area contributed by atoms with Gasteiger partial charge >= 0.3 is 0 Å². The first-order valence-electron chi connectivity index (χ1n) is 8.38. The molecule has 0 bridgehead atoms. The minimum Gasteiger partial charge on any atom is -0.456 e. The van der Waals surface area contributed by atoms with Crippen LogP contribution >= 0.6 is 0 Å². The van der Waals surface area contributed by atoms with Crippen molar-refractivity contribution >= 4 is 5.91 Å². The number of carbonyl (C=O) groups is 1. The number of rotatable bonds is 4. The van der Waals surface area contributed by atoms with E-state index in [1.165, 1.54) is 19.4 Å². The van der Waals surface area contributed by atoms with Crippen LogP contribution in [-0.4, -0.2) is 47.4 Å². The highest BCUT2D eigenvalue weighted by Crippen LogP contribution is 2.31. The Kier molecular flexibility index (Phi) is 4.34. The molecule has 0 aromatic carbocycles. The fourth-order valence-corrected chi connectivity index (χ4v) is 3.95. The van der Waals surface area contributed by atoms with Gasteiger partial charge in [0.15, 0.2) is 5.76 Å². The van der Waals surface area contributed by atoms with Crippen molar-refractivity contribution in [1.82, 2.24) is 9.80 Å². The highest BCUT2D eigenvalue weighted by molar-refractivity contribution is 5.92. The largest absolute Gasteiger partial charge is 0.456 e. The van der Waals surface area contributed by atoms with Crippen LogP contribution in [0.15, 0.2) is 16.5 Å². The first-order valence-corrected chi connectivity index (χ1v) is 8.38. The third-order valence-electron chi connectivity index (χ3n) is 5.05. The van der Waals surface area contributed by atoms with Crippen LogP contribution in [0, 0.1) is 0 Å². The summed E-state index contributed by atoms with van der Waals surface area (Å²) in [7, 11) is 0. The van der Waals surface area contributed by atoms with Crippen LogP contribution in [0.5, 0.6) is 0 Å². The molecule has 21 heavy (non-hydrogen) atoms. The summed E-state index contributed by atoms with van der Waals surface area (Å²) in [6.07, 6.45) is 5.57. The maximum absolute atomic E-state index is 12.8. The van der Waals surface area contributed by atoms with E-state index in [2.05, 4.69) is 16.7 Å². The van der Waals surface area contributed by atoms with Gasteiger partial charge in [-0.2, -0.15) is 0 Å². The number of likely N-dealkylation sites (tertiary alicyclic amines) is 2. The second kappa shape index (κ2) is 6.22. The Bertz CT molecular complexity index is 497. The Balaban J connectivity index is 1.75. The predicted molar refractivity (Wildman–Crippen MR) is 82.4 cm³/mol. The van der Waals surface area contributed by atoms with Crippen LogP contribution in [0.1, 0.15) is 55.8 Å². The SMILES string of the molecule is CCc1ccc(C(=O)N2CCCC2C2CCCN2CC)o1. The van der Waals surface area contributed by atoms with Gasteiger partial charge in [0.05, 0.1) is 0 Å². The fraction of sp³-hybridized carbons (Fsp3) is 0.706. The molecule has 0 saturated carbocycles. The molecule has 2 aliphatic rings. The topological polar surface area (TPSA) is 36.7 Å². The normalized spacial score (nSPS) is 26.7. The van der Waals surface area contributed by atoms with E-state index in [1.807, 2.05) is 19.1 Å². The Hall–Kier alpha value is -1.29. The summed E-state index contributed by atoms with van der Waals surface area (Å²) in [5, 5.41) is 0. The molecule has 0 N–H and O–H groups in total. The first kappa shape index (κ1) is 14.6. The van der Waals surface area contributed by atoms with Gasteiger partial charge in [0, 0.05) is 25.0 Å². The van der Waals surface area contributed by atoms with Gasteiger partial charge in [0.2, 0.25) is 0 Å². The van der Waals surface area contributed by atoms with Crippen LogP contribution in [-0.2, 0) is 6.42 Å². The summed E-state index contributed by atoms with van der Waals surface area (Å²) in [5.74, 6) is 1.49. The number of likely N-dealkylation sites (N-methyl/N-ethyl adjacent to an activating group) is 1. The van der Waals surface area contributed by atoms with Gasteiger partial charge in [-0.05, 0) is 50.9 Å². The van der Waals surface area contributed by atoms with Crippen molar-refractivity contribution in [2.45, 2.75) is 58.0 Å². The Morgan fingerprint density at radius 1 is 1.19 bits per heavy atom. The number of hydrogen-bond acceptors (Lipinski definition) is 3. The number of nitrogens with zero attached hydrogens (tertiary/aromatic N) is 2. The second-order valence-corrected chi connectivity index (χ2v) is 6.17. The number of furan rings is 1. The van der Waals surface area contributed by atoms with Crippen LogP contribution in [0.2, 0.25) is 0 Å². The average Bonchev–Trinajstić information content (AvgIpc) is 3.23. The molecule has 2 unspecified atom stereocenters. The highest BCUT2D eigenvalue weighted by atomic mass is 16.4. The van der Waals surface area contributed by atoms with E-state index >= 15 is 0 Å². The summed E-state index contributed by atoms with van der Waals surface area (Å²) in [4.78, 5) is 17.4. The molecule has 2 saturated heterocycles. The predicted octanol–water partition coefficient (Wildman–Crippen LogP) is 2.93. The van der Waals surface area contributed by atoms with Crippen LogP contribution in [0.25, 0.3) is 0 Å². The minimum atomic E-state index is 0.0835. The molecule has 1 aromatic rings. The average molecular weight is 290 g/mol. The van der Waals surface area contributed by atoms with Crippen molar-refractivity contribution in [3.05, 3.63) is 23.7 Å². The summed E-state index contributed by atoms with van der Waals surface area (Å²) >= 11 is 0. The number of amides is 1. The zero-order chi connectivity index (χ0) is 14.8. The van der Waals surface area contributed by atoms with E-state index in [-0.39, 0.29) is 5.91 Å². The lowest BCUT2D eigenvalue weighted by Gasteiger charge is -2.34. The molecule has 3 heterocycles. The molecular weight excluding hydrogens is 264 g/mol. The number of aryl methyl sites for hydroxylation is 1. The second-order valence-electron chi connectivity index (χ2n) is 6.17. The van der Waals surface area contributed by atoms with Gasteiger partial charge in [-0.15, -0.1) is 0 Å². The summed E-state index contributed by atoms with van der Waals surface area (Å²) in [6, 6.07) is 4.67. The number of carbonyl (C=O) groups excluding carboxylic acids is 1. The van der Waals surface area contributed by atoms with E-state index in [0.29, 0.717) is 17.8 Å². The third kappa shape index (κ3) is 2.73. The lowest BCUT2D eigenvalue weighted by molar-refractivity contribution is 0.0617. The quantitative estimate of drug-likeness (QED) is 0.855. The van der Waals surface area contributed by atoms with E-state index in [9.17, 15) is 4.79 Å². The third-order valence-corrected chi connectivity index (χ3v) is 5.05. The van der Waals surface area contributed by atoms with Crippen LogP contribution in [0.4, 0.5) is 0 Å². The standard InChI is InChI=1S/C17H26N2O2/c1-3-13-9-10-16(21-13)17(20)19-12-6-8-15(19)14-7-5-11-18(14)4-2/h9-10,14-15H,3-8,11-12H2,1-2H3. The van der Waals surface area contributed by atoms with E-state index in [4.69, 9.17) is 4.42 Å². The first-order chi connectivity index (χ1) is 10.2. The number of hydrogen-bond donors (Lipinski definition) is 0. The molecular formula is C17H26N2O2. The maximum atomic E-state index is 12.8. The maximum Gasteiger partial charge on any atom is 0.289 e. The van der Waals surface area contributed by atoms with Crippen LogP contribution in [0.3, 0.4) is 0 Å². The lowest BCUT2D eigenvalue weighted by atomic mass is 10.0. The lowest BCUT2D eigenvalue weighted by Crippen LogP contribution is -2.48. The van der Waals surface area contributed by atoms with Crippen molar-refractivity contribution in [2.75, 3.05) is 19.6 Å². The Morgan fingerprint density at radius 3 is 2.67 bits per heavy atom. The molecule has 4 nitrogen and oxygen atoms in total. The molecule has 0 spiro atoms. The molecule has 2 fully saturated rings. The highest BCUT2D eigenvalue weighted by Gasteiger charge is 2.39. The van der Waals surface area contributed by atoms with Crippen molar-refractivity contribution < 1.29 is 9.21 Å². The molecule has 2 aliphatic heterocycles. The molecule has 0 radical (unpaired) electrons. The van der Waals surface area contributed by atoms with Crippen molar-refractivity contribution in [1.29, 1.82) is 0 Å². The molecule has 1 aromatic heterocycles. The van der Waals surface area contributed by atoms with E-state index in [1.54, 1.807) is 0 Å². The van der Waals surface area contributed by atoms with Crippen molar-refractivity contribution in [3.63, 3.8) is 0 Å². The molecule has 0 aliphatic carbocycles. The van der Waals surface area contributed by atoms with Gasteiger partial charge in [-0.25, -0.2) is 0 Å². The van der Waals surface area contributed by atoms with Crippen LogP contribution < -0.4 is 0 Å². The van der Waals surface area contributed by atoms with Gasteiger partial charge in [0.1, 0.15) is 5.76 Å². The molecule has 116 valence electrons. The van der Waals surface area contributed by atoms with E-state index in [0.717, 1.165) is 38.1 Å². The summed E-state index contributed by atoms with van der Waals surface area (Å²) < 4.78 is 5.67. The summed E-state index contributed by atoms with van der Waals surface area (Å²) in [5.41, 5.74) is 0.